The Labute approximate surface area is 103 Å². The Balaban J connectivity index is 2.41. The zero-order valence-electron chi connectivity index (χ0n) is 10.9. The van der Waals surface area contributed by atoms with Crippen LogP contribution in [0.25, 0.3) is 0 Å². The molecule has 6 heteroatoms. The number of sulfone groups is 1. The van der Waals surface area contributed by atoms with Gasteiger partial charge in [-0.1, -0.05) is 0 Å². The second kappa shape index (κ2) is 5.18. The van der Waals surface area contributed by atoms with E-state index in [0.29, 0.717) is 13.1 Å². The van der Waals surface area contributed by atoms with Gasteiger partial charge in [0.25, 0.3) is 0 Å². The van der Waals surface area contributed by atoms with Crippen LogP contribution in [0.4, 0.5) is 0 Å². The summed E-state index contributed by atoms with van der Waals surface area (Å²) in [7, 11) is -2.88. The zero-order chi connectivity index (χ0) is 13.1. The summed E-state index contributed by atoms with van der Waals surface area (Å²) < 4.78 is 23.7. The van der Waals surface area contributed by atoms with E-state index < -0.39 is 9.84 Å². The highest BCUT2D eigenvalue weighted by Gasteiger charge is 2.13. The lowest BCUT2D eigenvalue weighted by Crippen LogP contribution is -2.23. The van der Waals surface area contributed by atoms with Crippen LogP contribution in [0.5, 0.6) is 0 Å². The molecule has 0 spiro atoms. The van der Waals surface area contributed by atoms with Crippen LogP contribution in [0.15, 0.2) is 12.4 Å². The maximum Gasteiger partial charge on any atom is 0.148 e. The molecule has 1 rings (SSSR count). The molecule has 0 unspecified atom stereocenters. The predicted molar refractivity (Wildman–Crippen MR) is 68.6 cm³/mol. The lowest BCUT2D eigenvalue weighted by atomic mass is 10.1. The lowest BCUT2D eigenvalue weighted by Gasteiger charge is -2.18. The minimum atomic E-state index is -2.88. The summed E-state index contributed by atoms with van der Waals surface area (Å²) in [4.78, 5) is 0. The first-order valence-electron chi connectivity index (χ1n) is 5.61. The van der Waals surface area contributed by atoms with Crippen molar-refractivity contribution in [2.24, 2.45) is 0 Å². The number of nitrogens with zero attached hydrogens (tertiary/aromatic N) is 2. The molecule has 0 amide bonds. The average molecular weight is 259 g/mol. The van der Waals surface area contributed by atoms with Crippen molar-refractivity contribution in [1.82, 2.24) is 15.1 Å². The molecule has 1 aromatic heterocycles. The van der Waals surface area contributed by atoms with Gasteiger partial charge >= 0.3 is 0 Å². The van der Waals surface area contributed by atoms with E-state index in [-0.39, 0.29) is 11.3 Å². The third kappa shape index (κ3) is 5.32. The van der Waals surface area contributed by atoms with Crippen molar-refractivity contribution in [3.63, 3.8) is 0 Å². The van der Waals surface area contributed by atoms with Gasteiger partial charge in [0.05, 0.1) is 17.5 Å². The van der Waals surface area contributed by atoms with Crippen molar-refractivity contribution in [3.05, 3.63) is 18.0 Å². The van der Waals surface area contributed by atoms with E-state index in [1.807, 2.05) is 10.9 Å². The number of nitrogens with one attached hydrogen (secondary N) is 1. The van der Waals surface area contributed by atoms with Crippen LogP contribution < -0.4 is 5.32 Å². The van der Waals surface area contributed by atoms with Crippen molar-refractivity contribution in [2.75, 3.05) is 18.6 Å². The molecule has 98 valence electrons. The van der Waals surface area contributed by atoms with Crippen LogP contribution in [0.2, 0.25) is 0 Å². The van der Waals surface area contributed by atoms with Crippen LogP contribution >= 0.6 is 0 Å². The first kappa shape index (κ1) is 14.2. The molecule has 0 aromatic carbocycles. The van der Waals surface area contributed by atoms with E-state index >= 15 is 0 Å². The molecule has 0 aliphatic heterocycles. The highest BCUT2D eigenvalue weighted by atomic mass is 32.2. The standard InChI is InChI=1S/C11H21N3O2S/c1-11(2,3)14-9-10(8-13-14)7-12-5-6-17(4,15)16/h8-9,12H,5-7H2,1-4H3. The summed E-state index contributed by atoms with van der Waals surface area (Å²) in [6.45, 7) is 7.37. The van der Waals surface area contributed by atoms with Gasteiger partial charge in [0, 0.05) is 31.1 Å². The zero-order valence-corrected chi connectivity index (χ0v) is 11.7. The summed E-state index contributed by atoms with van der Waals surface area (Å²) in [6.07, 6.45) is 5.03. The number of hydrogen-bond acceptors (Lipinski definition) is 4. The maximum atomic E-state index is 10.9. The summed E-state index contributed by atoms with van der Waals surface area (Å²) in [5.74, 6) is 0.167. The molecule has 0 bridgehead atoms. The van der Waals surface area contributed by atoms with Gasteiger partial charge in [-0.05, 0) is 20.8 Å². The Hall–Kier alpha value is -0.880. The molecule has 17 heavy (non-hydrogen) atoms. The average Bonchev–Trinajstić information content (AvgIpc) is 2.58. The number of rotatable bonds is 5. The molecular formula is C11H21N3O2S. The second-order valence-electron chi connectivity index (χ2n) is 5.27. The van der Waals surface area contributed by atoms with E-state index in [9.17, 15) is 8.42 Å². The highest BCUT2D eigenvalue weighted by molar-refractivity contribution is 7.90. The van der Waals surface area contributed by atoms with Crippen molar-refractivity contribution in [1.29, 1.82) is 0 Å². The predicted octanol–water partition coefficient (Wildman–Crippen LogP) is 0.772. The molecule has 0 saturated heterocycles. The maximum absolute atomic E-state index is 10.9. The van der Waals surface area contributed by atoms with Crippen molar-refractivity contribution in [2.45, 2.75) is 32.9 Å². The summed E-state index contributed by atoms with van der Waals surface area (Å²) in [5, 5.41) is 7.36. The first-order chi connectivity index (χ1) is 7.68. The molecule has 0 aliphatic rings. The molecule has 0 atom stereocenters. The fourth-order valence-electron chi connectivity index (χ4n) is 1.31. The Bertz CT molecular complexity index is 457. The van der Waals surface area contributed by atoms with Crippen molar-refractivity contribution in [3.8, 4) is 0 Å². The summed E-state index contributed by atoms with van der Waals surface area (Å²) in [6, 6.07) is 0. The van der Waals surface area contributed by atoms with Crippen molar-refractivity contribution < 1.29 is 8.42 Å². The third-order valence-electron chi connectivity index (χ3n) is 2.30. The quantitative estimate of drug-likeness (QED) is 0.793. The molecule has 1 aromatic rings. The minimum Gasteiger partial charge on any atom is -0.312 e. The van der Waals surface area contributed by atoms with E-state index in [1.165, 1.54) is 6.26 Å². The molecule has 0 aliphatic carbocycles. The van der Waals surface area contributed by atoms with Gasteiger partial charge in [0.2, 0.25) is 0 Å². The lowest BCUT2D eigenvalue weighted by molar-refractivity contribution is 0.355. The van der Waals surface area contributed by atoms with Gasteiger partial charge in [-0.25, -0.2) is 8.42 Å². The van der Waals surface area contributed by atoms with Gasteiger partial charge in [-0.3, -0.25) is 4.68 Å². The molecule has 1 N–H and O–H groups in total. The molecule has 0 radical (unpaired) electrons. The van der Waals surface area contributed by atoms with Gasteiger partial charge in [0.1, 0.15) is 9.84 Å². The number of hydrogen-bond donors (Lipinski definition) is 1. The Morgan fingerprint density at radius 3 is 2.53 bits per heavy atom. The van der Waals surface area contributed by atoms with Gasteiger partial charge in [0.15, 0.2) is 0 Å². The first-order valence-corrected chi connectivity index (χ1v) is 7.67. The largest absolute Gasteiger partial charge is 0.312 e. The second-order valence-corrected chi connectivity index (χ2v) is 7.53. The van der Waals surface area contributed by atoms with E-state index in [0.717, 1.165) is 5.56 Å². The molecular weight excluding hydrogens is 238 g/mol. The van der Waals surface area contributed by atoms with E-state index in [1.54, 1.807) is 6.20 Å². The van der Waals surface area contributed by atoms with Crippen LogP contribution in [0, 0.1) is 0 Å². The highest BCUT2D eigenvalue weighted by Crippen LogP contribution is 2.12. The SMILES string of the molecule is CC(C)(C)n1cc(CNCCS(C)(=O)=O)cn1. The molecule has 1 heterocycles. The van der Waals surface area contributed by atoms with Crippen LogP contribution in [-0.4, -0.2) is 36.8 Å². The fourth-order valence-corrected chi connectivity index (χ4v) is 1.82. The van der Waals surface area contributed by atoms with E-state index in [2.05, 4.69) is 31.2 Å². The van der Waals surface area contributed by atoms with E-state index in [4.69, 9.17) is 0 Å². The topological polar surface area (TPSA) is 64.0 Å². The summed E-state index contributed by atoms with van der Waals surface area (Å²) >= 11 is 0. The Morgan fingerprint density at radius 1 is 1.41 bits per heavy atom. The van der Waals surface area contributed by atoms with Crippen LogP contribution in [0.3, 0.4) is 0 Å². The van der Waals surface area contributed by atoms with Crippen LogP contribution in [0.1, 0.15) is 26.3 Å². The van der Waals surface area contributed by atoms with Crippen LogP contribution in [-0.2, 0) is 21.9 Å². The Kier molecular flexibility index (Phi) is 4.32. The molecule has 0 fully saturated rings. The number of aromatic nitrogens is 2. The molecule has 0 saturated carbocycles. The van der Waals surface area contributed by atoms with Gasteiger partial charge in [-0.15, -0.1) is 0 Å². The normalized spacial score (nSPS) is 12.9. The smallest absolute Gasteiger partial charge is 0.148 e. The van der Waals surface area contributed by atoms with Gasteiger partial charge < -0.3 is 5.32 Å². The fraction of sp³-hybridized carbons (Fsp3) is 0.727. The minimum absolute atomic E-state index is 0.0228. The summed E-state index contributed by atoms with van der Waals surface area (Å²) in [5.41, 5.74) is 1.04. The van der Waals surface area contributed by atoms with Gasteiger partial charge in [-0.2, -0.15) is 5.10 Å². The van der Waals surface area contributed by atoms with Crippen molar-refractivity contribution >= 4 is 9.84 Å². The molecule has 5 nitrogen and oxygen atoms in total. The Morgan fingerprint density at radius 2 is 2.06 bits per heavy atom. The monoisotopic (exact) mass is 259 g/mol. The third-order valence-corrected chi connectivity index (χ3v) is 3.25.